The normalized spacial score (nSPS) is 10.8. The molecule has 4 heteroatoms. The Hall–Kier alpha value is -2.62. The Bertz CT molecular complexity index is 823. The summed E-state index contributed by atoms with van der Waals surface area (Å²) >= 11 is 0. The first kappa shape index (κ1) is 14.3. The summed E-state index contributed by atoms with van der Waals surface area (Å²) in [5, 5.41) is 3.64. The molecular weight excluding hydrogens is 281 g/mol. The predicted molar refractivity (Wildman–Crippen MR) is 83.4 cm³/mol. The van der Waals surface area contributed by atoms with Crippen LogP contribution in [0.5, 0.6) is 0 Å². The third kappa shape index (κ3) is 3.01. The minimum Gasteiger partial charge on any atom is -0.451 e. The number of rotatable bonds is 4. The smallest absolute Gasteiger partial charge is 0.287 e. The van der Waals surface area contributed by atoms with E-state index in [2.05, 4.69) is 5.32 Å². The van der Waals surface area contributed by atoms with Gasteiger partial charge in [-0.15, -0.1) is 0 Å². The fraction of sp³-hybridized carbons (Fsp3) is 0.167. The third-order valence-electron chi connectivity index (χ3n) is 3.54. The lowest BCUT2D eigenvalue weighted by Crippen LogP contribution is -2.25. The van der Waals surface area contributed by atoms with Crippen LogP contribution in [0.4, 0.5) is 4.39 Å². The quantitative estimate of drug-likeness (QED) is 0.794. The van der Waals surface area contributed by atoms with Gasteiger partial charge in [0.1, 0.15) is 11.4 Å². The summed E-state index contributed by atoms with van der Waals surface area (Å²) < 4.78 is 19.0. The minimum absolute atomic E-state index is 0.254. The van der Waals surface area contributed by atoms with Crippen LogP contribution in [-0.4, -0.2) is 12.5 Å². The van der Waals surface area contributed by atoms with Gasteiger partial charge in [-0.05, 0) is 42.7 Å². The Morgan fingerprint density at radius 3 is 2.82 bits per heavy atom. The molecule has 1 heterocycles. The number of benzene rings is 2. The molecule has 0 saturated heterocycles. The molecule has 0 radical (unpaired) electrons. The van der Waals surface area contributed by atoms with E-state index in [1.807, 2.05) is 25.1 Å². The molecule has 0 saturated carbocycles. The Morgan fingerprint density at radius 2 is 2.00 bits per heavy atom. The van der Waals surface area contributed by atoms with E-state index in [0.29, 0.717) is 24.1 Å². The maximum absolute atomic E-state index is 13.5. The van der Waals surface area contributed by atoms with E-state index in [-0.39, 0.29) is 17.5 Å². The number of fused-ring (bicyclic) bond motifs is 1. The summed E-state index contributed by atoms with van der Waals surface area (Å²) in [6.45, 7) is 2.33. The highest BCUT2D eigenvalue weighted by Gasteiger charge is 2.12. The standard InChI is InChI=1S/C18H16FNO2/c1-12-6-7-14-11-17(22-16(14)10-12)18(21)20-9-8-13-4-2-3-5-15(13)19/h2-7,10-11H,8-9H2,1H3,(H,20,21). The van der Waals surface area contributed by atoms with Gasteiger partial charge in [0.05, 0.1) is 0 Å². The summed E-state index contributed by atoms with van der Waals surface area (Å²) in [4.78, 5) is 12.1. The monoisotopic (exact) mass is 297 g/mol. The molecule has 3 nitrogen and oxygen atoms in total. The van der Waals surface area contributed by atoms with E-state index in [1.165, 1.54) is 6.07 Å². The van der Waals surface area contributed by atoms with E-state index in [1.54, 1.807) is 24.3 Å². The third-order valence-corrected chi connectivity index (χ3v) is 3.54. The van der Waals surface area contributed by atoms with Crippen molar-refractivity contribution in [2.75, 3.05) is 6.54 Å². The molecule has 1 N–H and O–H groups in total. The van der Waals surface area contributed by atoms with Crippen LogP contribution in [0.2, 0.25) is 0 Å². The van der Waals surface area contributed by atoms with Crippen molar-refractivity contribution in [1.82, 2.24) is 5.32 Å². The zero-order chi connectivity index (χ0) is 15.5. The van der Waals surface area contributed by atoms with E-state index in [0.717, 1.165) is 10.9 Å². The van der Waals surface area contributed by atoms with Crippen LogP contribution in [0.25, 0.3) is 11.0 Å². The highest BCUT2D eigenvalue weighted by Crippen LogP contribution is 2.20. The number of aryl methyl sites for hydroxylation is 1. The van der Waals surface area contributed by atoms with Crippen molar-refractivity contribution in [2.24, 2.45) is 0 Å². The van der Waals surface area contributed by atoms with E-state index < -0.39 is 0 Å². The zero-order valence-electron chi connectivity index (χ0n) is 12.2. The summed E-state index contributed by atoms with van der Waals surface area (Å²) in [6.07, 6.45) is 0.442. The van der Waals surface area contributed by atoms with Gasteiger partial charge < -0.3 is 9.73 Å². The maximum Gasteiger partial charge on any atom is 0.287 e. The molecule has 0 spiro atoms. The van der Waals surface area contributed by atoms with Crippen LogP contribution in [0.1, 0.15) is 21.7 Å². The van der Waals surface area contributed by atoms with Gasteiger partial charge in [-0.1, -0.05) is 30.3 Å². The molecule has 3 aromatic rings. The number of carbonyl (C=O) groups excluding carboxylic acids is 1. The second-order valence-corrected chi connectivity index (χ2v) is 5.25. The van der Waals surface area contributed by atoms with Crippen molar-refractivity contribution in [3.8, 4) is 0 Å². The van der Waals surface area contributed by atoms with Crippen molar-refractivity contribution >= 4 is 16.9 Å². The van der Waals surface area contributed by atoms with Gasteiger partial charge in [-0.2, -0.15) is 0 Å². The molecular formula is C18H16FNO2. The van der Waals surface area contributed by atoms with Crippen molar-refractivity contribution in [3.63, 3.8) is 0 Å². The SMILES string of the molecule is Cc1ccc2cc(C(=O)NCCc3ccccc3F)oc2c1. The van der Waals surface area contributed by atoms with Crippen LogP contribution in [0, 0.1) is 12.7 Å². The number of hydrogen-bond acceptors (Lipinski definition) is 2. The Balaban J connectivity index is 1.65. The maximum atomic E-state index is 13.5. The van der Waals surface area contributed by atoms with Crippen LogP contribution in [0.15, 0.2) is 52.9 Å². The van der Waals surface area contributed by atoms with Crippen LogP contribution < -0.4 is 5.32 Å². The largest absolute Gasteiger partial charge is 0.451 e. The summed E-state index contributed by atoms with van der Waals surface area (Å²) in [5.41, 5.74) is 2.36. The summed E-state index contributed by atoms with van der Waals surface area (Å²) in [7, 11) is 0. The van der Waals surface area contributed by atoms with Gasteiger partial charge in [0, 0.05) is 11.9 Å². The van der Waals surface area contributed by atoms with Crippen LogP contribution in [-0.2, 0) is 6.42 Å². The molecule has 3 rings (SSSR count). The second-order valence-electron chi connectivity index (χ2n) is 5.25. The summed E-state index contributed by atoms with van der Waals surface area (Å²) in [5.74, 6) is -0.268. The first-order valence-electron chi connectivity index (χ1n) is 7.15. The lowest BCUT2D eigenvalue weighted by Gasteiger charge is -2.04. The van der Waals surface area contributed by atoms with Crippen molar-refractivity contribution in [3.05, 3.63) is 71.2 Å². The lowest BCUT2D eigenvalue weighted by atomic mass is 10.1. The summed E-state index contributed by atoms with van der Waals surface area (Å²) in [6, 6.07) is 14.1. The highest BCUT2D eigenvalue weighted by atomic mass is 19.1. The average Bonchev–Trinajstić information content (AvgIpc) is 2.92. The Kier molecular flexibility index (Phi) is 3.92. The topological polar surface area (TPSA) is 42.2 Å². The molecule has 0 aliphatic heterocycles. The average molecular weight is 297 g/mol. The second kappa shape index (κ2) is 6.02. The van der Waals surface area contributed by atoms with Gasteiger partial charge >= 0.3 is 0 Å². The molecule has 2 aromatic carbocycles. The van der Waals surface area contributed by atoms with E-state index in [4.69, 9.17) is 4.42 Å². The van der Waals surface area contributed by atoms with Crippen molar-refractivity contribution < 1.29 is 13.6 Å². The van der Waals surface area contributed by atoms with Gasteiger partial charge in [0.15, 0.2) is 5.76 Å². The molecule has 0 unspecified atom stereocenters. The number of hydrogen-bond donors (Lipinski definition) is 1. The number of furan rings is 1. The highest BCUT2D eigenvalue weighted by molar-refractivity contribution is 5.96. The molecule has 1 amide bonds. The zero-order valence-corrected chi connectivity index (χ0v) is 12.2. The van der Waals surface area contributed by atoms with Gasteiger partial charge in [0.25, 0.3) is 5.91 Å². The number of nitrogens with one attached hydrogen (secondary N) is 1. The van der Waals surface area contributed by atoms with Crippen LogP contribution in [0.3, 0.4) is 0 Å². The van der Waals surface area contributed by atoms with Crippen molar-refractivity contribution in [1.29, 1.82) is 0 Å². The fourth-order valence-corrected chi connectivity index (χ4v) is 2.35. The van der Waals surface area contributed by atoms with Gasteiger partial charge in [-0.25, -0.2) is 4.39 Å². The van der Waals surface area contributed by atoms with E-state index in [9.17, 15) is 9.18 Å². The first-order valence-corrected chi connectivity index (χ1v) is 7.15. The van der Waals surface area contributed by atoms with Gasteiger partial charge in [0.2, 0.25) is 0 Å². The molecule has 0 atom stereocenters. The van der Waals surface area contributed by atoms with E-state index >= 15 is 0 Å². The predicted octanol–water partition coefficient (Wildman–Crippen LogP) is 3.85. The minimum atomic E-state index is -0.287. The molecule has 112 valence electrons. The number of amides is 1. The first-order chi connectivity index (χ1) is 10.6. The Morgan fingerprint density at radius 1 is 1.18 bits per heavy atom. The molecule has 1 aromatic heterocycles. The molecule has 0 aliphatic rings. The molecule has 0 aliphatic carbocycles. The molecule has 0 bridgehead atoms. The van der Waals surface area contributed by atoms with Gasteiger partial charge in [-0.3, -0.25) is 4.79 Å². The number of carbonyl (C=O) groups is 1. The molecule has 22 heavy (non-hydrogen) atoms. The fourth-order valence-electron chi connectivity index (χ4n) is 2.35. The van der Waals surface area contributed by atoms with Crippen molar-refractivity contribution in [2.45, 2.75) is 13.3 Å². The molecule has 0 fully saturated rings. The number of halogens is 1. The van der Waals surface area contributed by atoms with Crippen LogP contribution >= 0.6 is 0 Å². The Labute approximate surface area is 127 Å². The lowest BCUT2D eigenvalue weighted by molar-refractivity contribution is 0.0928.